The van der Waals surface area contributed by atoms with E-state index in [1.54, 1.807) is 6.07 Å². The van der Waals surface area contributed by atoms with Crippen molar-refractivity contribution in [2.75, 3.05) is 13.6 Å². The molecule has 0 aliphatic carbocycles. The van der Waals surface area contributed by atoms with Gasteiger partial charge in [-0.1, -0.05) is 24.3 Å². The smallest absolute Gasteiger partial charge is 0.344 e. The van der Waals surface area contributed by atoms with Gasteiger partial charge in [-0.05, 0) is 29.3 Å². The number of nitrogens with zero attached hydrogens (tertiary/aromatic N) is 2. The highest BCUT2D eigenvalue weighted by Gasteiger charge is 2.44. The maximum Gasteiger partial charge on any atom is 0.416 e. The van der Waals surface area contributed by atoms with E-state index in [-0.39, 0.29) is 24.1 Å². The topological polar surface area (TPSA) is 61.2 Å². The molecule has 2 atom stereocenters. The van der Waals surface area contributed by atoms with E-state index in [0.29, 0.717) is 5.56 Å². The molecule has 150 valence electrons. The van der Waals surface area contributed by atoms with Crippen molar-refractivity contribution >= 4 is 11.7 Å². The van der Waals surface area contributed by atoms with Crippen molar-refractivity contribution in [1.29, 1.82) is 5.26 Å². The maximum absolute atomic E-state index is 13.8. The summed E-state index contributed by atoms with van der Waals surface area (Å²) >= 11 is 0. The molecule has 0 bridgehead atoms. The van der Waals surface area contributed by atoms with Crippen LogP contribution in [0.3, 0.4) is 0 Å². The summed E-state index contributed by atoms with van der Waals surface area (Å²) in [5, 5.41) is 9.12. The minimum Gasteiger partial charge on any atom is -0.344 e. The van der Waals surface area contributed by atoms with E-state index in [9.17, 15) is 27.2 Å². The lowest BCUT2D eigenvalue weighted by Crippen LogP contribution is -2.29. The highest BCUT2D eigenvalue weighted by atomic mass is 19.4. The van der Waals surface area contributed by atoms with Crippen LogP contribution in [0.5, 0.6) is 0 Å². The average Bonchev–Trinajstić information content (AvgIpc) is 2.96. The first-order valence-corrected chi connectivity index (χ1v) is 8.75. The minimum atomic E-state index is -4.49. The van der Waals surface area contributed by atoms with Gasteiger partial charge in [0.15, 0.2) is 0 Å². The van der Waals surface area contributed by atoms with Crippen molar-refractivity contribution in [2.45, 2.75) is 18.5 Å². The number of likely N-dealkylation sites (tertiary alicyclic amines) is 1. The van der Waals surface area contributed by atoms with E-state index >= 15 is 0 Å². The minimum absolute atomic E-state index is 0.172. The highest BCUT2D eigenvalue weighted by Crippen LogP contribution is 2.36. The van der Waals surface area contributed by atoms with E-state index in [0.717, 1.165) is 18.2 Å². The second kappa shape index (κ2) is 7.66. The largest absolute Gasteiger partial charge is 0.416 e. The number of likely N-dealkylation sites (N-methyl/N-ethyl adjacent to an activating group) is 1. The van der Waals surface area contributed by atoms with Crippen LogP contribution in [-0.4, -0.2) is 30.2 Å². The van der Waals surface area contributed by atoms with Crippen LogP contribution in [-0.2, 0) is 22.2 Å². The Morgan fingerprint density at radius 2 is 1.86 bits per heavy atom. The zero-order valence-electron chi connectivity index (χ0n) is 15.3. The number of halogens is 4. The normalized spacial score (nSPS) is 19.3. The molecule has 0 spiro atoms. The summed E-state index contributed by atoms with van der Waals surface area (Å²) in [5.74, 6) is -3.44. The van der Waals surface area contributed by atoms with Gasteiger partial charge in [0, 0.05) is 25.9 Å². The molecule has 1 fully saturated rings. The highest BCUT2D eigenvalue weighted by molar-refractivity contribution is 6.04. The Kier molecular flexibility index (Phi) is 5.42. The zero-order valence-corrected chi connectivity index (χ0v) is 15.3. The zero-order chi connectivity index (χ0) is 21.3. The van der Waals surface area contributed by atoms with E-state index in [4.69, 9.17) is 5.26 Å². The Morgan fingerprint density at radius 3 is 2.45 bits per heavy atom. The van der Waals surface area contributed by atoms with Gasteiger partial charge in [0.05, 0.1) is 11.1 Å². The Bertz CT molecular complexity index is 993. The van der Waals surface area contributed by atoms with Crippen molar-refractivity contribution in [3.05, 3.63) is 70.5 Å². The van der Waals surface area contributed by atoms with Crippen molar-refractivity contribution in [3.63, 3.8) is 0 Å². The molecule has 0 radical (unpaired) electrons. The molecular weight excluding hydrogens is 388 g/mol. The molecule has 1 saturated heterocycles. The Morgan fingerprint density at radius 1 is 1.21 bits per heavy atom. The Labute approximate surface area is 164 Å². The molecule has 0 N–H and O–H groups in total. The SMILES string of the molecule is CN1C[C@H](c2ccc(C(F)(F)F)cc2)[C@@H](C(=O)Cc2cccc(F)c2C#N)C1=O. The van der Waals surface area contributed by atoms with E-state index in [2.05, 4.69) is 0 Å². The number of hydrogen-bond donors (Lipinski definition) is 0. The monoisotopic (exact) mass is 404 g/mol. The average molecular weight is 404 g/mol. The number of ketones is 1. The third-order valence-electron chi connectivity index (χ3n) is 5.10. The van der Waals surface area contributed by atoms with Crippen molar-refractivity contribution in [3.8, 4) is 6.07 Å². The molecule has 1 aliphatic heterocycles. The summed E-state index contributed by atoms with van der Waals surface area (Å²) in [6.07, 6.45) is -4.80. The number of rotatable bonds is 4. The first-order chi connectivity index (χ1) is 13.6. The van der Waals surface area contributed by atoms with Crippen LogP contribution in [0.4, 0.5) is 17.6 Å². The molecular formula is C21H16F4N2O2. The number of hydrogen-bond acceptors (Lipinski definition) is 3. The van der Waals surface area contributed by atoms with Gasteiger partial charge in [-0.3, -0.25) is 9.59 Å². The Hall–Kier alpha value is -3.21. The van der Waals surface area contributed by atoms with Crippen molar-refractivity contribution < 1.29 is 27.2 Å². The van der Waals surface area contributed by atoms with Crippen LogP contribution in [0, 0.1) is 23.1 Å². The van der Waals surface area contributed by atoms with Crippen LogP contribution in [0.1, 0.15) is 28.2 Å². The van der Waals surface area contributed by atoms with Crippen molar-refractivity contribution in [2.24, 2.45) is 5.92 Å². The second-order valence-corrected chi connectivity index (χ2v) is 6.95. The number of alkyl halides is 3. The van der Waals surface area contributed by atoms with E-state index in [1.165, 1.54) is 36.2 Å². The predicted octanol–water partition coefficient (Wildman–Crippen LogP) is 3.70. The number of amides is 1. The molecule has 1 aliphatic rings. The fourth-order valence-electron chi connectivity index (χ4n) is 3.62. The lowest BCUT2D eigenvalue weighted by Gasteiger charge is -2.17. The number of nitriles is 1. The quantitative estimate of drug-likeness (QED) is 0.577. The standard InChI is InChI=1S/C21H16F4N2O2/c1-27-11-16(12-5-7-14(8-6-12)21(23,24)25)19(20(27)29)18(28)9-13-3-2-4-17(22)15(13)10-26/h2-8,16,19H,9,11H2,1H3/t16-,19+/m1/s1. The van der Waals surface area contributed by atoms with Crippen LogP contribution in [0.15, 0.2) is 42.5 Å². The lowest BCUT2D eigenvalue weighted by atomic mass is 9.83. The first-order valence-electron chi connectivity index (χ1n) is 8.75. The Balaban J connectivity index is 1.90. The number of benzene rings is 2. The molecule has 0 unspecified atom stereocenters. The second-order valence-electron chi connectivity index (χ2n) is 6.95. The van der Waals surface area contributed by atoms with Crippen LogP contribution >= 0.6 is 0 Å². The third-order valence-corrected chi connectivity index (χ3v) is 5.10. The fourth-order valence-corrected chi connectivity index (χ4v) is 3.62. The number of carbonyl (C=O) groups is 2. The summed E-state index contributed by atoms with van der Waals surface area (Å²) < 4.78 is 52.2. The molecule has 0 saturated carbocycles. The number of carbonyl (C=O) groups excluding carboxylic acids is 2. The molecule has 4 nitrogen and oxygen atoms in total. The summed E-state index contributed by atoms with van der Waals surface area (Å²) in [5.41, 5.74) is -0.467. The van der Waals surface area contributed by atoms with E-state index in [1.807, 2.05) is 0 Å². The molecule has 3 rings (SSSR count). The maximum atomic E-state index is 13.8. The van der Waals surface area contributed by atoms with Gasteiger partial charge < -0.3 is 4.90 Å². The van der Waals surface area contributed by atoms with Crippen LogP contribution < -0.4 is 0 Å². The summed E-state index contributed by atoms with van der Waals surface area (Å²) in [6, 6.07) is 9.99. The van der Waals surface area contributed by atoms with Gasteiger partial charge in [0.25, 0.3) is 0 Å². The molecule has 8 heteroatoms. The van der Waals surface area contributed by atoms with Gasteiger partial charge in [-0.25, -0.2) is 4.39 Å². The third kappa shape index (κ3) is 3.99. The lowest BCUT2D eigenvalue weighted by molar-refractivity contribution is -0.138. The number of Topliss-reactive ketones (excluding diaryl/α,β-unsaturated/α-hetero) is 1. The van der Waals surface area contributed by atoms with Gasteiger partial charge in [0.1, 0.15) is 23.6 Å². The molecule has 2 aromatic carbocycles. The van der Waals surface area contributed by atoms with Gasteiger partial charge in [0.2, 0.25) is 5.91 Å². The molecule has 1 amide bonds. The fraction of sp³-hybridized carbons (Fsp3) is 0.286. The van der Waals surface area contributed by atoms with E-state index < -0.39 is 41.1 Å². The molecule has 29 heavy (non-hydrogen) atoms. The molecule has 1 heterocycles. The van der Waals surface area contributed by atoms with Gasteiger partial charge in [-0.2, -0.15) is 18.4 Å². The van der Waals surface area contributed by atoms with Crippen LogP contribution in [0.25, 0.3) is 0 Å². The van der Waals surface area contributed by atoms with Gasteiger partial charge in [-0.15, -0.1) is 0 Å². The summed E-state index contributed by atoms with van der Waals surface area (Å²) in [6.45, 7) is 0.175. The van der Waals surface area contributed by atoms with Gasteiger partial charge >= 0.3 is 6.18 Å². The predicted molar refractivity (Wildman–Crippen MR) is 95.1 cm³/mol. The van der Waals surface area contributed by atoms with Crippen LogP contribution in [0.2, 0.25) is 0 Å². The molecule has 2 aromatic rings. The first kappa shape index (κ1) is 20.5. The summed E-state index contributed by atoms with van der Waals surface area (Å²) in [4.78, 5) is 26.8. The molecule has 0 aromatic heterocycles. The van der Waals surface area contributed by atoms with Crippen molar-refractivity contribution in [1.82, 2.24) is 4.90 Å². The summed E-state index contributed by atoms with van der Waals surface area (Å²) in [7, 11) is 1.51.